The van der Waals surface area contributed by atoms with Crippen molar-refractivity contribution in [1.82, 2.24) is 14.8 Å². The molecule has 0 radical (unpaired) electrons. The second kappa shape index (κ2) is 6.31. The van der Waals surface area contributed by atoms with Gasteiger partial charge < -0.3 is 9.88 Å². The van der Waals surface area contributed by atoms with E-state index in [0.717, 1.165) is 36.1 Å². The third-order valence-corrected chi connectivity index (χ3v) is 4.84. The van der Waals surface area contributed by atoms with Crippen LogP contribution < -0.4 is 5.32 Å². The molecule has 1 aliphatic rings. The van der Waals surface area contributed by atoms with E-state index in [1.807, 2.05) is 36.0 Å². The standard InChI is InChI=1S/C17H22ClN3O/c1-3-21-8-4-5-13(21)10-19-17(22)15-11-20(2)16-9-12(18)6-7-14(15)16/h6-7,9,11,13H,3-5,8,10H2,1-2H3,(H,19,22)/t13-/m0/s1. The number of amides is 1. The van der Waals surface area contributed by atoms with Crippen LogP contribution >= 0.6 is 11.6 Å². The van der Waals surface area contributed by atoms with E-state index in [0.29, 0.717) is 11.1 Å². The van der Waals surface area contributed by atoms with Crippen molar-refractivity contribution in [2.45, 2.75) is 25.8 Å². The lowest BCUT2D eigenvalue weighted by Crippen LogP contribution is -2.40. The molecule has 5 heteroatoms. The molecule has 1 aromatic carbocycles. The second-order valence-electron chi connectivity index (χ2n) is 5.95. The van der Waals surface area contributed by atoms with Gasteiger partial charge in [-0.05, 0) is 38.1 Å². The van der Waals surface area contributed by atoms with Gasteiger partial charge in [0, 0.05) is 36.2 Å². The molecule has 4 nitrogen and oxygen atoms in total. The summed E-state index contributed by atoms with van der Waals surface area (Å²) in [5.74, 6) is -0.00382. The van der Waals surface area contributed by atoms with Gasteiger partial charge in [-0.15, -0.1) is 0 Å². The number of rotatable bonds is 4. The minimum Gasteiger partial charge on any atom is -0.350 e. The Balaban J connectivity index is 1.75. The number of nitrogens with zero attached hydrogens (tertiary/aromatic N) is 2. The zero-order valence-corrected chi connectivity index (χ0v) is 13.9. The number of likely N-dealkylation sites (N-methyl/N-ethyl adjacent to an activating group) is 1. The predicted octanol–water partition coefficient (Wildman–Crippen LogP) is 3.05. The molecular formula is C17H22ClN3O. The molecule has 1 saturated heterocycles. The topological polar surface area (TPSA) is 37.3 Å². The SMILES string of the molecule is CCN1CCC[C@H]1CNC(=O)c1cn(C)c2cc(Cl)ccc12. The van der Waals surface area contributed by atoms with Gasteiger partial charge in [0.15, 0.2) is 0 Å². The molecular weight excluding hydrogens is 298 g/mol. The van der Waals surface area contributed by atoms with E-state index in [1.54, 1.807) is 0 Å². The quantitative estimate of drug-likeness (QED) is 0.940. The number of likely N-dealkylation sites (tertiary alicyclic amines) is 1. The monoisotopic (exact) mass is 319 g/mol. The van der Waals surface area contributed by atoms with Crippen molar-refractivity contribution in [2.24, 2.45) is 7.05 Å². The zero-order valence-electron chi connectivity index (χ0n) is 13.1. The molecule has 118 valence electrons. The highest BCUT2D eigenvalue weighted by Crippen LogP contribution is 2.24. The van der Waals surface area contributed by atoms with Crippen LogP contribution in [0.15, 0.2) is 24.4 Å². The zero-order chi connectivity index (χ0) is 15.7. The Morgan fingerprint density at radius 3 is 3.05 bits per heavy atom. The van der Waals surface area contributed by atoms with Crippen LogP contribution in [-0.2, 0) is 7.05 Å². The van der Waals surface area contributed by atoms with E-state index >= 15 is 0 Å². The molecule has 22 heavy (non-hydrogen) atoms. The molecule has 1 aromatic heterocycles. The molecule has 0 saturated carbocycles. The van der Waals surface area contributed by atoms with Crippen LogP contribution in [0.1, 0.15) is 30.1 Å². The number of halogens is 1. The van der Waals surface area contributed by atoms with E-state index in [9.17, 15) is 4.79 Å². The number of aryl methyl sites for hydroxylation is 1. The van der Waals surface area contributed by atoms with Crippen LogP contribution in [0.3, 0.4) is 0 Å². The molecule has 2 aromatic rings. The first kappa shape index (κ1) is 15.4. The number of hydrogen-bond donors (Lipinski definition) is 1. The molecule has 1 amide bonds. The molecule has 0 spiro atoms. The lowest BCUT2D eigenvalue weighted by molar-refractivity contribution is 0.0943. The van der Waals surface area contributed by atoms with Gasteiger partial charge >= 0.3 is 0 Å². The minimum atomic E-state index is -0.00382. The number of fused-ring (bicyclic) bond motifs is 1. The number of benzene rings is 1. The summed E-state index contributed by atoms with van der Waals surface area (Å²) in [6.45, 7) is 5.09. The Morgan fingerprint density at radius 1 is 1.45 bits per heavy atom. The average molecular weight is 320 g/mol. The van der Waals surface area contributed by atoms with Crippen molar-refractivity contribution in [3.63, 3.8) is 0 Å². The Morgan fingerprint density at radius 2 is 2.27 bits per heavy atom. The number of carbonyl (C=O) groups excluding carboxylic acids is 1. The van der Waals surface area contributed by atoms with Crippen LogP contribution in [0, 0.1) is 0 Å². The molecule has 1 N–H and O–H groups in total. The van der Waals surface area contributed by atoms with Crippen LogP contribution in [-0.4, -0.2) is 41.1 Å². The molecule has 2 heterocycles. The van der Waals surface area contributed by atoms with Gasteiger partial charge in [0.1, 0.15) is 0 Å². The molecule has 0 aliphatic carbocycles. The molecule has 0 unspecified atom stereocenters. The van der Waals surface area contributed by atoms with Crippen LogP contribution in [0.4, 0.5) is 0 Å². The highest BCUT2D eigenvalue weighted by atomic mass is 35.5. The molecule has 1 aliphatic heterocycles. The Hall–Kier alpha value is -1.52. The summed E-state index contributed by atoms with van der Waals surface area (Å²) in [5.41, 5.74) is 1.70. The third-order valence-electron chi connectivity index (χ3n) is 4.60. The highest BCUT2D eigenvalue weighted by molar-refractivity contribution is 6.31. The van der Waals surface area contributed by atoms with Crippen molar-refractivity contribution in [3.05, 3.63) is 35.0 Å². The van der Waals surface area contributed by atoms with Crippen LogP contribution in [0.25, 0.3) is 10.9 Å². The fourth-order valence-corrected chi connectivity index (χ4v) is 3.55. The van der Waals surface area contributed by atoms with Crippen LogP contribution in [0.5, 0.6) is 0 Å². The van der Waals surface area contributed by atoms with E-state index in [1.165, 1.54) is 12.8 Å². The minimum absolute atomic E-state index is 0.00382. The van der Waals surface area contributed by atoms with E-state index in [-0.39, 0.29) is 5.91 Å². The first-order valence-corrected chi connectivity index (χ1v) is 8.24. The Labute approximate surface area is 136 Å². The van der Waals surface area contributed by atoms with Crippen molar-refractivity contribution in [3.8, 4) is 0 Å². The second-order valence-corrected chi connectivity index (χ2v) is 6.39. The fourth-order valence-electron chi connectivity index (χ4n) is 3.39. The van der Waals surface area contributed by atoms with Crippen LogP contribution in [0.2, 0.25) is 5.02 Å². The Kier molecular flexibility index (Phi) is 4.41. The smallest absolute Gasteiger partial charge is 0.253 e. The average Bonchev–Trinajstić information content (AvgIpc) is 3.09. The van der Waals surface area contributed by atoms with E-state index in [4.69, 9.17) is 11.6 Å². The van der Waals surface area contributed by atoms with Gasteiger partial charge in [-0.2, -0.15) is 0 Å². The largest absolute Gasteiger partial charge is 0.350 e. The summed E-state index contributed by atoms with van der Waals surface area (Å²) in [6, 6.07) is 6.11. The van der Waals surface area contributed by atoms with Crippen molar-refractivity contribution < 1.29 is 4.79 Å². The number of aromatic nitrogens is 1. The van der Waals surface area contributed by atoms with Gasteiger partial charge in [0.2, 0.25) is 0 Å². The highest BCUT2D eigenvalue weighted by Gasteiger charge is 2.24. The maximum atomic E-state index is 12.5. The summed E-state index contributed by atoms with van der Waals surface area (Å²) in [5, 5.41) is 4.73. The summed E-state index contributed by atoms with van der Waals surface area (Å²) in [6.07, 6.45) is 4.27. The summed E-state index contributed by atoms with van der Waals surface area (Å²) in [7, 11) is 1.94. The Bertz CT molecular complexity index is 695. The van der Waals surface area contributed by atoms with E-state index in [2.05, 4.69) is 17.1 Å². The van der Waals surface area contributed by atoms with E-state index < -0.39 is 0 Å². The van der Waals surface area contributed by atoms with Gasteiger partial charge in [0.05, 0.1) is 11.1 Å². The summed E-state index contributed by atoms with van der Waals surface area (Å²) < 4.78 is 1.95. The lowest BCUT2D eigenvalue weighted by Gasteiger charge is -2.22. The van der Waals surface area contributed by atoms with Gasteiger partial charge in [-0.25, -0.2) is 0 Å². The molecule has 1 atom stereocenters. The molecule has 1 fully saturated rings. The molecule has 3 rings (SSSR count). The van der Waals surface area contributed by atoms with Gasteiger partial charge in [-0.3, -0.25) is 9.69 Å². The van der Waals surface area contributed by atoms with Crippen molar-refractivity contribution in [1.29, 1.82) is 0 Å². The maximum absolute atomic E-state index is 12.5. The van der Waals surface area contributed by atoms with Crippen molar-refractivity contribution >= 4 is 28.4 Å². The lowest BCUT2D eigenvalue weighted by atomic mass is 10.1. The summed E-state index contributed by atoms with van der Waals surface area (Å²) in [4.78, 5) is 15.0. The normalized spacial score (nSPS) is 19.0. The number of hydrogen-bond acceptors (Lipinski definition) is 2. The molecule has 0 bridgehead atoms. The first-order valence-electron chi connectivity index (χ1n) is 7.87. The first-order chi connectivity index (χ1) is 10.6. The third kappa shape index (κ3) is 2.85. The van der Waals surface area contributed by atoms with Crippen molar-refractivity contribution in [2.75, 3.05) is 19.6 Å². The summed E-state index contributed by atoms with van der Waals surface area (Å²) >= 11 is 6.04. The maximum Gasteiger partial charge on any atom is 0.253 e. The van der Waals surface area contributed by atoms with Gasteiger partial charge in [-0.1, -0.05) is 24.6 Å². The predicted molar refractivity (Wildman–Crippen MR) is 90.5 cm³/mol. The number of nitrogens with one attached hydrogen (secondary N) is 1. The fraction of sp³-hybridized carbons (Fsp3) is 0.471. The van der Waals surface area contributed by atoms with Gasteiger partial charge in [0.25, 0.3) is 5.91 Å². The number of carbonyl (C=O) groups is 1.